The molecule has 1 aliphatic heterocycles. The molecule has 9 atom stereocenters. The molecule has 0 radical (unpaired) electrons. The van der Waals surface area contributed by atoms with Crippen molar-refractivity contribution in [1.82, 2.24) is 57.6 Å². The zero-order valence-electron chi connectivity index (χ0n) is 45.2. The molecule has 438 valence electrons. The Hall–Kier alpha value is -9.21. The average molecular weight is 1130 g/mol. The molecule has 1 fully saturated rings. The Morgan fingerprint density at radius 1 is 0.744 bits per heavy atom. The number of rotatable bonds is 18. The summed E-state index contributed by atoms with van der Waals surface area (Å²) in [4.78, 5) is 146. The van der Waals surface area contributed by atoms with E-state index in [1.807, 2.05) is 6.07 Å². The molecule has 1 aliphatic rings. The number of hydrogen-bond donors (Lipinski definition) is 15. The van der Waals surface area contributed by atoms with Crippen LogP contribution >= 0.6 is 0 Å². The number of aliphatic hydroxyl groups excluding tert-OH is 1. The number of aromatic nitrogens is 3. The van der Waals surface area contributed by atoms with Gasteiger partial charge in [0.2, 0.25) is 47.3 Å². The van der Waals surface area contributed by atoms with Crippen molar-refractivity contribution >= 4 is 70.1 Å². The number of aromatic amines is 2. The summed E-state index contributed by atoms with van der Waals surface area (Å²) in [5.41, 5.74) is 28.5. The van der Waals surface area contributed by atoms with Crippen molar-refractivity contribution < 1.29 is 53.1 Å². The van der Waals surface area contributed by atoms with Gasteiger partial charge in [0, 0.05) is 61.3 Å². The maximum Gasteiger partial charge on any atom is 0.327 e. The lowest BCUT2D eigenvalue weighted by Gasteiger charge is -2.28. The molecule has 3 aromatic carbocycles. The Kier molecular flexibility index (Phi) is 23.4. The Balaban J connectivity index is 1.39. The van der Waals surface area contributed by atoms with Gasteiger partial charge in [0.25, 0.3) is 0 Å². The normalized spacial score (nSPS) is 21.3. The van der Waals surface area contributed by atoms with E-state index in [0.29, 0.717) is 27.8 Å². The fourth-order valence-electron chi connectivity index (χ4n) is 9.03. The number of imidazole rings is 1. The first-order valence-electron chi connectivity index (χ1n) is 26.8. The van der Waals surface area contributed by atoms with Gasteiger partial charge in [-0.3, -0.25) is 48.1 Å². The topological polar surface area (TPSA) is 440 Å². The van der Waals surface area contributed by atoms with Gasteiger partial charge >= 0.3 is 5.97 Å². The van der Waals surface area contributed by atoms with Gasteiger partial charge in [-0.15, -0.1) is 0 Å². The van der Waals surface area contributed by atoms with Crippen LogP contribution < -0.4 is 65.6 Å². The summed E-state index contributed by atoms with van der Waals surface area (Å²) in [6.07, 6.45) is 1.96. The van der Waals surface area contributed by atoms with Crippen LogP contribution in [0.25, 0.3) is 10.9 Å². The second-order valence-electron chi connectivity index (χ2n) is 19.8. The SMILES string of the molecule is C[C@@H](O)[C@H](NC(=O)[C@@H]1CCCCNOC(=O)C[C@H](NC(=O)[C@H](N)Cc2ccccc2)C(=O)N[C@@H](Cc2cnc[nH]2)C(=O)N[C@H](Cc2ccccc2)C(=O)N[C@@H](CCCN=C(N)N)C(=O)N[C@@H](Cc2c[nH]c3ccccc23)C(=O)N1)C(N)=O. The molecule has 27 heteroatoms. The Morgan fingerprint density at radius 3 is 2.01 bits per heavy atom. The lowest BCUT2D eigenvalue weighted by Crippen LogP contribution is -2.61. The molecular weight excluding hydrogens is 1060 g/mol. The monoisotopic (exact) mass is 1130 g/mol. The van der Waals surface area contributed by atoms with Crippen LogP contribution in [0.4, 0.5) is 0 Å². The van der Waals surface area contributed by atoms with Gasteiger partial charge in [0.05, 0.1) is 24.9 Å². The molecule has 0 saturated carbocycles. The van der Waals surface area contributed by atoms with E-state index in [-0.39, 0.29) is 76.8 Å². The van der Waals surface area contributed by atoms with Crippen molar-refractivity contribution in [1.29, 1.82) is 0 Å². The molecule has 0 aliphatic carbocycles. The van der Waals surface area contributed by atoms with E-state index in [0.717, 1.165) is 5.52 Å². The van der Waals surface area contributed by atoms with Gasteiger partial charge in [0.1, 0.15) is 42.3 Å². The number of carbonyl (C=O) groups is 9. The van der Waals surface area contributed by atoms with Crippen molar-refractivity contribution in [2.45, 2.75) is 126 Å². The predicted octanol–water partition coefficient (Wildman–Crippen LogP) is -2.58. The van der Waals surface area contributed by atoms with E-state index in [2.05, 4.69) is 62.6 Å². The second-order valence-corrected chi connectivity index (χ2v) is 19.8. The summed E-state index contributed by atoms with van der Waals surface area (Å²) in [5, 5.41) is 29.6. The highest BCUT2D eigenvalue weighted by atomic mass is 16.7. The number of benzene rings is 3. The molecule has 82 heavy (non-hydrogen) atoms. The van der Waals surface area contributed by atoms with Crippen LogP contribution in [0.15, 0.2) is 109 Å². The van der Waals surface area contributed by atoms with Gasteiger partial charge in [-0.2, -0.15) is 5.48 Å². The van der Waals surface area contributed by atoms with E-state index in [1.54, 1.807) is 85.1 Å². The van der Waals surface area contributed by atoms with E-state index in [9.17, 15) is 48.3 Å². The van der Waals surface area contributed by atoms with Crippen LogP contribution in [0.3, 0.4) is 0 Å². The van der Waals surface area contributed by atoms with Crippen LogP contribution in [0, 0.1) is 0 Å². The molecule has 5 aromatic rings. The first-order chi connectivity index (χ1) is 39.3. The minimum atomic E-state index is -1.68. The molecule has 2 aromatic heterocycles. The van der Waals surface area contributed by atoms with Crippen LogP contribution in [0.2, 0.25) is 0 Å². The number of carbonyl (C=O) groups excluding carboxylic acids is 9. The zero-order valence-corrected chi connectivity index (χ0v) is 45.2. The molecule has 6 rings (SSSR count). The third-order valence-electron chi connectivity index (χ3n) is 13.4. The van der Waals surface area contributed by atoms with Gasteiger partial charge in [-0.25, -0.2) is 4.98 Å². The molecule has 8 amide bonds. The second kappa shape index (κ2) is 31.0. The van der Waals surface area contributed by atoms with Crippen LogP contribution in [0.1, 0.15) is 67.8 Å². The van der Waals surface area contributed by atoms with E-state index in [4.69, 9.17) is 27.8 Å². The number of nitrogens with one attached hydrogen (secondary N) is 10. The largest absolute Gasteiger partial charge is 0.391 e. The summed E-state index contributed by atoms with van der Waals surface area (Å²) in [5.74, 6) is -8.52. The van der Waals surface area contributed by atoms with Gasteiger partial charge in [-0.05, 0) is 68.2 Å². The van der Waals surface area contributed by atoms with Crippen LogP contribution in [-0.2, 0) is 73.7 Å². The lowest BCUT2D eigenvalue weighted by atomic mass is 10.0. The molecule has 0 spiro atoms. The summed E-state index contributed by atoms with van der Waals surface area (Å²) in [6.45, 7) is 1.22. The Morgan fingerprint density at radius 2 is 1.35 bits per heavy atom. The van der Waals surface area contributed by atoms with E-state index < -0.39 is 114 Å². The molecule has 3 heterocycles. The standard InChI is InChI=1S/C55H72N16O11/c1-31(72)46(47(57)74)71-50(77)39-19-10-11-22-64-82-45(73)27-44(67-48(75)37(56)23-32-13-4-2-5-14-32)54(81)70-43(26-35-29-60-30-63-35)53(80)68-41(24-33-15-6-3-7-16-33)51(78)66-40(20-12-21-61-55(58)59)49(76)69-42(52(79)65-39)25-34-28-62-38-18-9-8-17-36(34)38/h2-9,13-18,28-31,37,39-44,46,62,64,72H,10-12,19-27,56H2,1H3,(H2,57,74)(H,60,63)(H,65,79)(H,66,78)(H,67,75)(H,68,80)(H,69,76)(H,70,81)(H,71,77)(H4,58,59,61)/t31-,37-,39+,40+,41-,42+,43+,44+,46+/m1/s1. The predicted molar refractivity (Wildman–Crippen MR) is 299 cm³/mol. The third-order valence-corrected chi connectivity index (χ3v) is 13.4. The number of nitrogens with zero attached hydrogens (tertiary/aromatic N) is 2. The van der Waals surface area contributed by atoms with Crippen LogP contribution in [0.5, 0.6) is 0 Å². The Labute approximate surface area is 472 Å². The van der Waals surface area contributed by atoms with Gasteiger partial charge in [0.15, 0.2) is 5.96 Å². The fourth-order valence-corrected chi connectivity index (χ4v) is 9.03. The number of H-pyrrole nitrogens is 2. The highest BCUT2D eigenvalue weighted by Gasteiger charge is 2.36. The summed E-state index contributed by atoms with van der Waals surface area (Å²) < 4.78 is 0. The fraction of sp³-hybridized carbons (Fsp3) is 0.400. The summed E-state index contributed by atoms with van der Waals surface area (Å²) in [7, 11) is 0. The number of aliphatic imine (C=N–C) groups is 1. The first kappa shape index (κ1) is 62.0. The molecule has 27 nitrogen and oxygen atoms in total. The van der Waals surface area contributed by atoms with Crippen molar-refractivity contribution in [2.75, 3.05) is 13.1 Å². The van der Waals surface area contributed by atoms with Crippen LogP contribution in [-0.4, -0.2) is 147 Å². The van der Waals surface area contributed by atoms with Gasteiger partial charge in [-0.1, -0.05) is 78.9 Å². The average Bonchev–Trinajstić information content (AvgIpc) is 4.29. The number of nitrogens with two attached hydrogens (primary N) is 4. The quantitative estimate of drug-likeness (QED) is 0.0244. The highest BCUT2D eigenvalue weighted by molar-refractivity contribution is 5.99. The molecule has 19 N–H and O–H groups in total. The van der Waals surface area contributed by atoms with Crippen molar-refractivity contribution in [3.63, 3.8) is 0 Å². The minimum absolute atomic E-state index is 0.0175. The number of primary amides is 1. The third kappa shape index (κ3) is 19.3. The summed E-state index contributed by atoms with van der Waals surface area (Å²) >= 11 is 0. The molecule has 1 saturated heterocycles. The number of fused-ring (bicyclic) bond motifs is 1. The number of guanidine groups is 1. The number of hydrogen-bond acceptors (Lipinski definition) is 15. The van der Waals surface area contributed by atoms with Crippen molar-refractivity contribution in [3.05, 3.63) is 126 Å². The Bertz CT molecular complexity index is 2990. The lowest BCUT2D eigenvalue weighted by molar-refractivity contribution is -0.153. The zero-order chi connectivity index (χ0) is 59.1. The highest BCUT2D eigenvalue weighted by Crippen LogP contribution is 2.20. The van der Waals surface area contributed by atoms with Gasteiger partial charge < -0.3 is 80.1 Å². The first-order valence-corrected chi connectivity index (χ1v) is 26.8. The minimum Gasteiger partial charge on any atom is -0.391 e. The number of amides is 8. The maximum absolute atomic E-state index is 14.8. The molecular formula is C55H72N16O11. The molecule has 0 unspecified atom stereocenters. The number of aliphatic hydroxyl groups is 1. The smallest absolute Gasteiger partial charge is 0.327 e. The van der Waals surface area contributed by atoms with E-state index >= 15 is 0 Å². The number of para-hydroxylation sites is 1. The number of hydroxylamine groups is 1. The van der Waals surface area contributed by atoms with Crippen molar-refractivity contribution in [3.8, 4) is 0 Å². The maximum atomic E-state index is 14.8. The molecule has 0 bridgehead atoms. The summed E-state index contributed by atoms with van der Waals surface area (Å²) in [6, 6.07) is 12.9. The van der Waals surface area contributed by atoms with Crippen molar-refractivity contribution in [2.24, 2.45) is 27.9 Å². The van der Waals surface area contributed by atoms with E-state index in [1.165, 1.54) is 19.4 Å².